The van der Waals surface area contributed by atoms with Crippen molar-refractivity contribution < 1.29 is 0 Å². The van der Waals surface area contributed by atoms with E-state index in [0.717, 1.165) is 26.2 Å². The summed E-state index contributed by atoms with van der Waals surface area (Å²) in [6.07, 6.45) is 3.79. The highest BCUT2D eigenvalue weighted by atomic mass is 15.3. The molecule has 88 valence electrons. The van der Waals surface area contributed by atoms with E-state index >= 15 is 0 Å². The van der Waals surface area contributed by atoms with Crippen LogP contribution in [0, 0.1) is 0 Å². The maximum Gasteiger partial charge on any atom is 0.0312 e. The van der Waals surface area contributed by atoms with Gasteiger partial charge in [-0.3, -0.25) is 14.8 Å². The van der Waals surface area contributed by atoms with Crippen LogP contribution in [0.1, 0.15) is 19.4 Å². The summed E-state index contributed by atoms with van der Waals surface area (Å²) in [5, 5.41) is 0. The second-order valence-electron chi connectivity index (χ2n) is 5.31. The number of nitrogens with zero attached hydrogens (tertiary/aromatic N) is 3. The third kappa shape index (κ3) is 2.60. The number of rotatable bonds is 2. The topological polar surface area (TPSA) is 19.4 Å². The lowest BCUT2D eigenvalue weighted by atomic mass is 9.99. The highest BCUT2D eigenvalue weighted by Gasteiger charge is 2.30. The van der Waals surface area contributed by atoms with Crippen molar-refractivity contribution in [1.29, 1.82) is 0 Å². The van der Waals surface area contributed by atoms with Gasteiger partial charge in [0.05, 0.1) is 0 Å². The zero-order valence-corrected chi connectivity index (χ0v) is 10.5. The fourth-order valence-corrected chi connectivity index (χ4v) is 2.23. The molecule has 0 aliphatic carbocycles. The summed E-state index contributed by atoms with van der Waals surface area (Å²) in [5.41, 5.74) is 1.59. The van der Waals surface area contributed by atoms with E-state index in [0.29, 0.717) is 0 Å². The Hall–Kier alpha value is -0.930. The lowest BCUT2D eigenvalue weighted by Gasteiger charge is -2.45. The van der Waals surface area contributed by atoms with Crippen molar-refractivity contribution in [3.05, 3.63) is 30.1 Å². The zero-order chi connectivity index (χ0) is 11.6. The Kier molecular flexibility index (Phi) is 3.26. The van der Waals surface area contributed by atoms with E-state index in [1.807, 2.05) is 18.5 Å². The van der Waals surface area contributed by atoms with E-state index in [9.17, 15) is 0 Å². The number of pyridine rings is 1. The average molecular weight is 219 g/mol. The Morgan fingerprint density at radius 3 is 2.81 bits per heavy atom. The van der Waals surface area contributed by atoms with Crippen molar-refractivity contribution in [3.63, 3.8) is 0 Å². The van der Waals surface area contributed by atoms with Gasteiger partial charge in [0.15, 0.2) is 0 Å². The molecule has 3 heteroatoms. The van der Waals surface area contributed by atoms with Gasteiger partial charge in [-0.2, -0.15) is 0 Å². The van der Waals surface area contributed by atoms with Crippen LogP contribution in [-0.2, 0) is 6.54 Å². The third-order valence-corrected chi connectivity index (χ3v) is 3.52. The maximum absolute atomic E-state index is 4.16. The van der Waals surface area contributed by atoms with Crippen LogP contribution in [0.5, 0.6) is 0 Å². The standard InChI is InChI=1S/C13H21N3/c1-13(2)11-16(8-7-15(13)3)10-12-5-4-6-14-9-12/h4-6,9H,7-8,10-11H2,1-3H3. The van der Waals surface area contributed by atoms with E-state index in [-0.39, 0.29) is 5.54 Å². The molecular weight excluding hydrogens is 198 g/mol. The maximum atomic E-state index is 4.16. The minimum Gasteiger partial charge on any atom is -0.299 e. The highest BCUT2D eigenvalue weighted by molar-refractivity contribution is 5.08. The zero-order valence-electron chi connectivity index (χ0n) is 10.5. The van der Waals surface area contributed by atoms with Gasteiger partial charge in [0, 0.05) is 44.1 Å². The van der Waals surface area contributed by atoms with Crippen molar-refractivity contribution in [2.45, 2.75) is 25.9 Å². The Balaban J connectivity index is 1.97. The molecule has 0 atom stereocenters. The monoisotopic (exact) mass is 219 g/mol. The second-order valence-corrected chi connectivity index (χ2v) is 5.31. The lowest BCUT2D eigenvalue weighted by molar-refractivity contribution is 0.0359. The predicted molar refractivity (Wildman–Crippen MR) is 66.2 cm³/mol. The van der Waals surface area contributed by atoms with E-state index < -0.39 is 0 Å². The molecule has 1 aromatic heterocycles. The fraction of sp³-hybridized carbons (Fsp3) is 0.615. The molecule has 2 heterocycles. The number of likely N-dealkylation sites (N-methyl/N-ethyl adjacent to an activating group) is 1. The van der Waals surface area contributed by atoms with Crippen LogP contribution in [0.15, 0.2) is 24.5 Å². The average Bonchev–Trinajstić information content (AvgIpc) is 2.25. The molecule has 0 bridgehead atoms. The largest absolute Gasteiger partial charge is 0.299 e. The van der Waals surface area contributed by atoms with Crippen LogP contribution >= 0.6 is 0 Å². The number of piperazine rings is 1. The van der Waals surface area contributed by atoms with E-state index in [1.165, 1.54) is 5.56 Å². The van der Waals surface area contributed by atoms with Crippen molar-refractivity contribution in [1.82, 2.24) is 14.8 Å². The summed E-state index contributed by atoms with van der Waals surface area (Å²) >= 11 is 0. The van der Waals surface area contributed by atoms with Crippen LogP contribution in [-0.4, -0.2) is 47.0 Å². The Bertz CT molecular complexity index is 334. The van der Waals surface area contributed by atoms with Crippen LogP contribution in [0.3, 0.4) is 0 Å². The third-order valence-electron chi connectivity index (χ3n) is 3.52. The SMILES string of the molecule is CN1CCN(Cc2cccnc2)CC1(C)C. The molecule has 0 aromatic carbocycles. The van der Waals surface area contributed by atoms with Gasteiger partial charge in [-0.1, -0.05) is 6.07 Å². The van der Waals surface area contributed by atoms with Crippen LogP contribution in [0.2, 0.25) is 0 Å². The van der Waals surface area contributed by atoms with Crippen molar-refractivity contribution in [2.75, 3.05) is 26.7 Å². The molecule has 0 N–H and O–H groups in total. The van der Waals surface area contributed by atoms with Gasteiger partial charge in [0.25, 0.3) is 0 Å². The van der Waals surface area contributed by atoms with E-state index in [1.54, 1.807) is 0 Å². The van der Waals surface area contributed by atoms with Gasteiger partial charge < -0.3 is 0 Å². The van der Waals surface area contributed by atoms with Gasteiger partial charge in [0.1, 0.15) is 0 Å². The molecule has 1 aliphatic rings. The first-order valence-corrected chi connectivity index (χ1v) is 5.90. The number of hydrogen-bond acceptors (Lipinski definition) is 3. The molecule has 1 saturated heterocycles. The van der Waals surface area contributed by atoms with E-state index in [2.05, 4.69) is 41.7 Å². The molecule has 1 aliphatic heterocycles. The molecule has 0 spiro atoms. The highest BCUT2D eigenvalue weighted by Crippen LogP contribution is 2.20. The minimum absolute atomic E-state index is 0.278. The Morgan fingerprint density at radius 2 is 2.19 bits per heavy atom. The molecule has 1 aromatic rings. The molecular formula is C13H21N3. The van der Waals surface area contributed by atoms with E-state index in [4.69, 9.17) is 0 Å². The second kappa shape index (κ2) is 4.52. The van der Waals surface area contributed by atoms with Crippen LogP contribution in [0.4, 0.5) is 0 Å². The molecule has 2 rings (SSSR count). The summed E-state index contributed by atoms with van der Waals surface area (Å²) in [6.45, 7) is 9.05. The number of aromatic nitrogens is 1. The van der Waals surface area contributed by atoms with Crippen LogP contribution < -0.4 is 0 Å². The first-order valence-electron chi connectivity index (χ1n) is 5.90. The summed E-state index contributed by atoms with van der Waals surface area (Å²) in [6, 6.07) is 4.16. The smallest absolute Gasteiger partial charge is 0.0312 e. The van der Waals surface area contributed by atoms with Crippen molar-refractivity contribution in [3.8, 4) is 0 Å². The Labute approximate surface area is 98.1 Å². The van der Waals surface area contributed by atoms with Gasteiger partial charge >= 0.3 is 0 Å². The molecule has 16 heavy (non-hydrogen) atoms. The van der Waals surface area contributed by atoms with Gasteiger partial charge in [-0.15, -0.1) is 0 Å². The summed E-state index contributed by atoms with van der Waals surface area (Å²) in [7, 11) is 2.21. The van der Waals surface area contributed by atoms with Gasteiger partial charge in [-0.05, 0) is 32.5 Å². The molecule has 3 nitrogen and oxygen atoms in total. The normalized spacial score (nSPS) is 22.2. The minimum atomic E-state index is 0.278. The van der Waals surface area contributed by atoms with Crippen molar-refractivity contribution in [2.24, 2.45) is 0 Å². The number of hydrogen-bond donors (Lipinski definition) is 0. The molecule has 0 radical (unpaired) electrons. The first-order chi connectivity index (χ1) is 7.58. The van der Waals surface area contributed by atoms with Crippen LogP contribution in [0.25, 0.3) is 0 Å². The first kappa shape index (κ1) is 11.6. The van der Waals surface area contributed by atoms with Gasteiger partial charge in [0.2, 0.25) is 0 Å². The molecule has 0 saturated carbocycles. The summed E-state index contributed by atoms with van der Waals surface area (Å²) < 4.78 is 0. The quantitative estimate of drug-likeness (QED) is 0.753. The van der Waals surface area contributed by atoms with Gasteiger partial charge in [-0.25, -0.2) is 0 Å². The summed E-state index contributed by atoms with van der Waals surface area (Å²) in [5.74, 6) is 0. The molecule has 1 fully saturated rings. The molecule has 0 amide bonds. The lowest BCUT2D eigenvalue weighted by Crippen LogP contribution is -2.57. The fourth-order valence-electron chi connectivity index (χ4n) is 2.23. The predicted octanol–water partition coefficient (Wildman–Crippen LogP) is 1.61. The van der Waals surface area contributed by atoms with Crippen molar-refractivity contribution >= 4 is 0 Å². The summed E-state index contributed by atoms with van der Waals surface area (Å²) in [4.78, 5) is 9.11. The Morgan fingerprint density at radius 1 is 1.38 bits per heavy atom. The molecule has 0 unspecified atom stereocenters.